The Hall–Kier alpha value is -3.58. The second-order valence-electron chi connectivity index (χ2n) is 6.58. The topological polar surface area (TPSA) is 119 Å². The Morgan fingerprint density at radius 2 is 1.97 bits per heavy atom. The molecule has 13 heteroatoms. The number of imidazole rings is 1. The van der Waals surface area contributed by atoms with Gasteiger partial charge in [0.25, 0.3) is 15.9 Å². The van der Waals surface area contributed by atoms with Gasteiger partial charge in [-0.3, -0.25) is 10.1 Å². The monoisotopic (exact) mass is 468 g/mol. The molecule has 0 fully saturated rings. The van der Waals surface area contributed by atoms with Gasteiger partial charge in [0, 0.05) is 0 Å². The lowest BCUT2D eigenvalue weighted by Crippen LogP contribution is -2.18. The molecule has 0 unspecified atom stereocenters. The van der Waals surface area contributed by atoms with Crippen LogP contribution in [-0.2, 0) is 22.7 Å². The first-order chi connectivity index (χ1) is 15.1. The molecule has 0 aliphatic carbocycles. The Kier molecular flexibility index (Phi) is 5.30. The number of rotatable bonds is 6. The van der Waals surface area contributed by atoms with E-state index in [-0.39, 0.29) is 23.8 Å². The number of anilines is 1. The highest BCUT2D eigenvalue weighted by Crippen LogP contribution is 2.32. The summed E-state index contributed by atoms with van der Waals surface area (Å²) < 4.78 is 76.8. The minimum Gasteiger partial charge on any atom is -0.467 e. The molecule has 4 aromatic rings. The van der Waals surface area contributed by atoms with E-state index >= 15 is 0 Å². The maximum Gasteiger partial charge on any atom is 0.416 e. The van der Waals surface area contributed by atoms with Crippen molar-refractivity contribution in [3.05, 3.63) is 65.8 Å². The highest BCUT2D eigenvalue weighted by atomic mass is 32.2. The van der Waals surface area contributed by atoms with E-state index < -0.39 is 32.8 Å². The van der Waals surface area contributed by atoms with Gasteiger partial charge >= 0.3 is 6.18 Å². The smallest absolute Gasteiger partial charge is 0.416 e. The van der Waals surface area contributed by atoms with Gasteiger partial charge in [-0.2, -0.15) is 13.2 Å². The van der Waals surface area contributed by atoms with Crippen molar-refractivity contribution in [2.45, 2.75) is 17.8 Å². The summed E-state index contributed by atoms with van der Waals surface area (Å²) in [5.74, 6) is -0.767. The summed E-state index contributed by atoms with van der Waals surface area (Å²) in [6.07, 6.45) is -3.13. The molecule has 1 aromatic carbocycles. The zero-order valence-electron chi connectivity index (χ0n) is 16.3. The third kappa shape index (κ3) is 4.11. The van der Waals surface area contributed by atoms with Crippen LogP contribution in [0.1, 0.15) is 21.9 Å². The van der Waals surface area contributed by atoms with E-state index in [1.807, 2.05) is 0 Å². The van der Waals surface area contributed by atoms with Gasteiger partial charge in [-0.15, -0.1) is 0 Å². The number of nitrogens with zero attached hydrogens (tertiary/aromatic N) is 2. The SMILES string of the molecule is CNS(=O)(=O)c1ccc(C(=O)Nc2nc3cc(C(F)(F)F)ccc3n2Cc2ccco2)o1. The van der Waals surface area contributed by atoms with Crippen LogP contribution in [0.3, 0.4) is 0 Å². The summed E-state index contributed by atoms with van der Waals surface area (Å²) >= 11 is 0. The van der Waals surface area contributed by atoms with E-state index in [9.17, 15) is 26.4 Å². The molecule has 4 rings (SSSR count). The standard InChI is InChI=1S/C19H15F3N4O5S/c1-23-32(28,29)16-7-6-15(31-16)17(27)25-18-24-13-9-11(19(20,21)22)4-5-14(13)26(18)10-12-3-2-8-30-12/h2-9,23H,10H2,1H3,(H,24,25,27). The van der Waals surface area contributed by atoms with Crippen molar-refractivity contribution < 1.29 is 35.2 Å². The minimum absolute atomic E-state index is 0.000393. The number of amides is 1. The minimum atomic E-state index is -4.56. The van der Waals surface area contributed by atoms with Gasteiger partial charge in [0.1, 0.15) is 5.76 Å². The molecular formula is C19H15F3N4O5S. The molecule has 1 amide bonds. The average molecular weight is 468 g/mol. The van der Waals surface area contributed by atoms with Crippen LogP contribution in [0.5, 0.6) is 0 Å². The van der Waals surface area contributed by atoms with Crippen LogP contribution in [0.4, 0.5) is 19.1 Å². The van der Waals surface area contributed by atoms with Crippen molar-refractivity contribution in [1.29, 1.82) is 0 Å². The second kappa shape index (κ2) is 7.84. The maximum atomic E-state index is 13.1. The number of nitrogens with one attached hydrogen (secondary N) is 2. The average Bonchev–Trinajstić information content (AvgIpc) is 3.48. The van der Waals surface area contributed by atoms with Crippen molar-refractivity contribution in [2.75, 3.05) is 12.4 Å². The number of benzene rings is 1. The first-order valence-corrected chi connectivity index (χ1v) is 10.5. The fraction of sp³-hybridized carbons (Fsp3) is 0.158. The largest absolute Gasteiger partial charge is 0.467 e. The zero-order valence-corrected chi connectivity index (χ0v) is 17.1. The molecule has 0 aliphatic rings. The van der Waals surface area contributed by atoms with Crippen molar-refractivity contribution in [3.8, 4) is 0 Å². The molecule has 0 aliphatic heterocycles. The van der Waals surface area contributed by atoms with E-state index in [0.717, 1.165) is 24.3 Å². The Labute approximate surface area is 178 Å². The zero-order chi connectivity index (χ0) is 23.1. The summed E-state index contributed by atoms with van der Waals surface area (Å²) in [6.45, 7) is 0.0714. The molecule has 0 atom stereocenters. The molecule has 0 spiro atoms. The van der Waals surface area contributed by atoms with Gasteiger partial charge < -0.3 is 13.4 Å². The van der Waals surface area contributed by atoms with Gasteiger partial charge in [0.05, 0.1) is 29.4 Å². The molecule has 0 radical (unpaired) electrons. The number of sulfonamides is 1. The maximum absolute atomic E-state index is 13.1. The van der Waals surface area contributed by atoms with Crippen molar-refractivity contribution in [3.63, 3.8) is 0 Å². The fourth-order valence-corrected chi connectivity index (χ4v) is 3.62. The summed E-state index contributed by atoms with van der Waals surface area (Å²) in [5, 5.41) is 1.98. The number of halogens is 3. The van der Waals surface area contributed by atoms with E-state index in [0.29, 0.717) is 11.3 Å². The van der Waals surface area contributed by atoms with Gasteiger partial charge in [0.2, 0.25) is 11.0 Å². The second-order valence-corrected chi connectivity index (χ2v) is 8.40. The van der Waals surface area contributed by atoms with Crippen LogP contribution in [-0.4, -0.2) is 30.9 Å². The van der Waals surface area contributed by atoms with Crippen LogP contribution >= 0.6 is 0 Å². The number of hydrogen-bond donors (Lipinski definition) is 2. The van der Waals surface area contributed by atoms with Gasteiger partial charge in [0.15, 0.2) is 5.76 Å². The number of carbonyl (C=O) groups is 1. The number of hydrogen-bond acceptors (Lipinski definition) is 6. The third-order valence-corrected chi connectivity index (χ3v) is 5.82. The predicted octanol–water partition coefficient (Wildman–Crippen LogP) is 3.45. The Morgan fingerprint density at radius 1 is 1.19 bits per heavy atom. The highest BCUT2D eigenvalue weighted by molar-refractivity contribution is 7.89. The molecule has 0 saturated heterocycles. The number of aromatic nitrogens is 2. The number of alkyl halides is 3. The lowest BCUT2D eigenvalue weighted by Gasteiger charge is -2.09. The van der Waals surface area contributed by atoms with Crippen LogP contribution < -0.4 is 10.0 Å². The molecule has 0 saturated carbocycles. The molecule has 2 N–H and O–H groups in total. The Morgan fingerprint density at radius 3 is 2.62 bits per heavy atom. The third-order valence-electron chi connectivity index (χ3n) is 4.53. The summed E-state index contributed by atoms with van der Waals surface area (Å²) in [6, 6.07) is 8.57. The van der Waals surface area contributed by atoms with E-state index in [1.165, 1.54) is 23.9 Å². The quantitative estimate of drug-likeness (QED) is 0.447. The molecule has 32 heavy (non-hydrogen) atoms. The number of furan rings is 2. The first kappa shape index (κ1) is 21.6. The lowest BCUT2D eigenvalue weighted by molar-refractivity contribution is -0.137. The van der Waals surface area contributed by atoms with Crippen molar-refractivity contribution in [1.82, 2.24) is 14.3 Å². The summed E-state index contributed by atoms with van der Waals surface area (Å²) in [7, 11) is -2.72. The van der Waals surface area contributed by atoms with Gasteiger partial charge in [-0.25, -0.2) is 18.1 Å². The van der Waals surface area contributed by atoms with Crippen molar-refractivity contribution in [2.24, 2.45) is 0 Å². The molecule has 3 heterocycles. The van der Waals surface area contributed by atoms with E-state index in [4.69, 9.17) is 8.83 Å². The van der Waals surface area contributed by atoms with Crippen LogP contribution in [0.2, 0.25) is 0 Å². The normalized spacial score (nSPS) is 12.4. The Balaban J connectivity index is 1.72. The molecule has 168 valence electrons. The van der Waals surface area contributed by atoms with Crippen molar-refractivity contribution >= 4 is 32.9 Å². The molecule has 3 aromatic heterocycles. The molecule has 9 nitrogen and oxygen atoms in total. The fourth-order valence-electron chi connectivity index (χ4n) is 2.97. The van der Waals surface area contributed by atoms with Gasteiger partial charge in [-0.05, 0) is 49.5 Å². The number of fused-ring (bicyclic) bond motifs is 1. The lowest BCUT2D eigenvalue weighted by atomic mass is 10.2. The van der Waals surface area contributed by atoms with E-state index in [2.05, 4.69) is 15.0 Å². The van der Waals surface area contributed by atoms with Crippen LogP contribution in [0.25, 0.3) is 11.0 Å². The predicted molar refractivity (Wildman–Crippen MR) is 105 cm³/mol. The summed E-state index contributed by atoms with van der Waals surface area (Å²) in [4.78, 5) is 16.7. The number of carbonyl (C=O) groups excluding carboxylic acids is 1. The van der Waals surface area contributed by atoms with Gasteiger partial charge in [-0.1, -0.05) is 0 Å². The van der Waals surface area contributed by atoms with Crippen LogP contribution in [0.15, 0.2) is 62.7 Å². The van der Waals surface area contributed by atoms with E-state index in [1.54, 1.807) is 12.1 Å². The molecule has 0 bridgehead atoms. The first-order valence-electron chi connectivity index (χ1n) is 9.03. The highest BCUT2D eigenvalue weighted by Gasteiger charge is 2.31. The summed E-state index contributed by atoms with van der Waals surface area (Å²) in [5.41, 5.74) is -0.569. The Bertz CT molecular complexity index is 1390. The van der Waals surface area contributed by atoms with Crippen LogP contribution in [0, 0.1) is 0 Å². The molecular weight excluding hydrogens is 453 g/mol.